The highest BCUT2D eigenvalue weighted by molar-refractivity contribution is 7.91. The summed E-state index contributed by atoms with van der Waals surface area (Å²) in [5, 5.41) is -0.335. The molecule has 1 saturated heterocycles. The average molecular weight is 311 g/mol. The van der Waals surface area contributed by atoms with E-state index in [1.54, 1.807) is 23.1 Å². The molecule has 2 heterocycles. The molecule has 0 spiro atoms. The fourth-order valence-electron chi connectivity index (χ4n) is 2.70. The number of sulfone groups is 1. The van der Waals surface area contributed by atoms with Crippen LogP contribution >= 0.6 is 0 Å². The van der Waals surface area contributed by atoms with Crippen molar-refractivity contribution in [2.24, 2.45) is 0 Å². The van der Waals surface area contributed by atoms with Crippen molar-refractivity contribution >= 4 is 15.7 Å². The first-order valence-electron chi connectivity index (χ1n) is 6.83. The molecular formula is C14H17NO5S. The highest BCUT2D eigenvalue weighted by Gasteiger charge is 2.29. The number of hydrogen-bond donors (Lipinski definition) is 0. The molecule has 0 aliphatic carbocycles. The minimum Gasteiger partial charge on any atom is -0.454 e. The van der Waals surface area contributed by atoms with Crippen LogP contribution in [0.3, 0.4) is 0 Å². The smallest absolute Gasteiger partial charge is 0.253 e. The van der Waals surface area contributed by atoms with Crippen LogP contribution in [0.5, 0.6) is 11.5 Å². The van der Waals surface area contributed by atoms with Crippen molar-refractivity contribution in [2.45, 2.75) is 18.1 Å². The van der Waals surface area contributed by atoms with Gasteiger partial charge in [-0.05, 0) is 31.0 Å². The summed E-state index contributed by atoms with van der Waals surface area (Å²) in [6.45, 7) is 1.10. The van der Waals surface area contributed by atoms with Crippen molar-refractivity contribution in [3.05, 3.63) is 23.8 Å². The summed E-state index contributed by atoms with van der Waals surface area (Å²) in [5.41, 5.74) is 0.539. The summed E-state index contributed by atoms with van der Waals surface area (Å²) in [6.07, 6.45) is 2.25. The van der Waals surface area contributed by atoms with E-state index in [-0.39, 0.29) is 18.0 Å². The fraction of sp³-hybridized carbons (Fsp3) is 0.500. The molecule has 2 aliphatic heterocycles. The number of piperidine rings is 1. The number of likely N-dealkylation sites (tertiary alicyclic amines) is 1. The molecule has 0 N–H and O–H groups in total. The molecule has 0 saturated carbocycles. The van der Waals surface area contributed by atoms with Crippen molar-refractivity contribution in [1.82, 2.24) is 4.90 Å². The van der Waals surface area contributed by atoms with E-state index in [4.69, 9.17) is 9.47 Å². The van der Waals surface area contributed by atoms with Gasteiger partial charge in [0.05, 0.1) is 5.25 Å². The van der Waals surface area contributed by atoms with E-state index in [1.807, 2.05) is 0 Å². The Morgan fingerprint density at radius 2 is 1.86 bits per heavy atom. The molecule has 1 aromatic rings. The Bertz CT molecular complexity index is 662. The van der Waals surface area contributed by atoms with E-state index in [9.17, 15) is 13.2 Å². The second-order valence-corrected chi connectivity index (χ2v) is 7.71. The Kier molecular flexibility index (Phi) is 3.52. The van der Waals surface area contributed by atoms with Gasteiger partial charge < -0.3 is 14.4 Å². The maximum atomic E-state index is 12.4. The summed E-state index contributed by atoms with van der Waals surface area (Å²) in [5.74, 6) is 1.12. The van der Waals surface area contributed by atoms with Gasteiger partial charge in [-0.3, -0.25) is 4.79 Å². The SMILES string of the molecule is CS(=O)(=O)C1CCN(C(=O)c2ccc3c(c2)OCO3)CC1. The van der Waals surface area contributed by atoms with E-state index in [1.165, 1.54) is 6.26 Å². The Balaban J connectivity index is 1.70. The van der Waals surface area contributed by atoms with Gasteiger partial charge in [-0.15, -0.1) is 0 Å². The lowest BCUT2D eigenvalue weighted by atomic mass is 10.1. The third kappa shape index (κ3) is 2.83. The third-order valence-corrected chi connectivity index (χ3v) is 5.64. The van der Waals surface area contributed by atoms with E-state index in [2.05, 4.69) is 0 Å². The molecule has 114 valence electrons. The first-order valence-corrected chi connectivity index (χ1v) is 8.78. The van der Waals surface area contributed by atoms with Crippen LogP contribution in [-0.2, 0) is 9.84 Å². The number of benzene rings is 1. The van der Waals surface area contributed by atoms with Gasteiger partial charge in [-0.25, -0.2) is 8.42 Å². The number of carbonyl (C=O) groups is 1. The topological polar surface area (TPSA) is 72.9 Å². The molecule has 0 radical (unpaired) electrons. The van der Waals surface area contributed by atoms with Crippen LogP contribution in [0, 0.1) is 0 Å². The van der Waals surface area contributed by atoms with Crippen LogP contribution in [0.1, 0.15) is 23.2 Å². The zero-order chi connectivity index (χ0) is 15.0. The van der Waals surface area contributed by atoms with Gasteiger partial charge in [0.25, 0.3) is 5.91 Å². The lowest BCUT2D eigenvalue weighted by Crippen LogP contribution is -2.42. The van der Waals surface area contributed by atoms with Crippen LogP contribution in [0.2, 0.25) is 0 Å². The summed E-state index contributed by atoms with van der Waals surface area (Å²) < 4.78 is 33.5. The maximum Gasteiger partial charge on any atom is 0.253 e. The van der Waals surface area contributed by atoms with Gasteiger partial charge >= 0.3 is 0 Å². The van der Waals surface area contributed by atoms with Crippen LogP contribution in [-0.4, -0.2) is 50.6 Å². The second kappa shape index (κ2) is 5.22. The Labute approximate surface area is 123 Å². The van der Waals surface area contributed by atoms with Gasteiger partial charge in [0.1, 0.15) is 9.84 Å². The zero-order valence-corrected chi connectivity index (χ0v) is 12.6. The van der Waals surface area contributed by atoms with Gasteiger partial charge in [0.2, 0.25) is 6.79 Å². The number of rotatable bonds is 2. The van der Waals surface area contributed by atoms with Crippen LogP contribution in [0.15, 0.2) is 18.2 Å². The quantitative estimate of drug-likeness (QED) is 0.817. The molecule has 1 amide bonds. The molecule has 0 atom stereocenters. The summed E-state index contributed by atoms with van der Waals surface area (Å²) in [6, 6.07) is 5.10. The lowest BCUT2D eigenvalue weighted by molar-refractivity contribution is 0.0725. The molecule has 0 aromatic heterocycles. The third-order valence-electron chi connectivity index (χ3n) is 3.95. The first kappa shape index (κ1) is 14.2. The predicted octanol–water partition coefficient (Wildman–Crippen LogP) is 1.06. The Morgan fingerprint density at radius 3 is 2.52 bits per heavy atom. The van der Waals surface area contributed by atoms with Crippen molar-refractivity contribution < 1.29 is 22.7 Å². The number of ether oxygens (including phenoxy) is 2. The molecular weight excluding hydrogens is 294 g/mol. The highest BCUT2D eigenvalue weighted by Crippen LogP contribution is 2.33. The first-order chi connectivity index (χ1) is 9.95. The zero-order valence-electron chi connectivity index (χ0n) is 11.7. The van der Waals surface area contributed by atoms with E-state index >= 15 is 0 Å². The minimum absolute atomic E-state index is 0.0970. The standard InChI is InChI=1S/C14H17NO5S/c1-21(17,18)11-4-6-15(7-5-11)14(16)10-2-3-12-13(8-10)20-9-19-12/h2-3,8,11H,4-7,9H2,1H3. The van der Waals surface area contributed by atoms with E-state index < -0.39 is 9.84 Å². The molecule has 1 fully saturated rings. The molecule has 7 heteroatoms. The predicted molar refractivity (Wildman–Crippen MR) is 76.3 cm³/mol. The van der Waals surface area contributed by atoms with Crippen molar-refractivity contribution in [3.8, 4) is 11.5 Å². The number of hydrogen-bond acceptors (Lipinski definition) is 5. The van der Waals surface area contributed by atoms with Gasteiger partial charge in [0, 0.05) is 24.9 Å². The molecule has 21 heavy (non-hydrogen) atoms. The molecule has 6 nitrogen and oxygen atoms in total. The van der Waals surface area contributed by atoms with Gasteiger partial charge in [-0.2, -0.15) is 0 Å². The normalized spacial score (nSPS) is 18.8. The lowest BCUT2D eigenvalue weighted by Gasteiger charge is -2.31. The largest absolute Gasteiger partial charge is 0.454 e. The van der Waals surface area contributed by atoms with Gasteiger partial charge in [0.15, 0.2) is 11.5 Å². The summed E-state index contributed by atoms with van der Waals surface area (Å²) in [7, 11) is -3.02. The highest BCUT2D eigenvalue weighted by atomic mass is 32.2. The van der Waals surface area contributed by atoms with Crippen molar-refractivity contribution in [1.29, 1.82) is 0 Å². The van der Waals surface area contributed by atoms with Crippen LogP contribution < -0.4 is 9.47 Å². The summed E-state index contributed by atoms with van der Waals surface area (Å²) >= 11 is 0. The fourth-order valence-corrected chi connectivity index (χ4v) is 3.77. The monoisotopic (exact) mass is 311 g/mol. The molecule has 0 bridgehead atoms. The minimum atomic E-state index is -3.02. The molecule has 3 rings (SSSR count). The average Bonchev–Trinajstić information content (AvgIpc) is 2.93. The van der Waals surface area contributed by atoms with Crippen LogP contribution in [0.25, 0.3) is 0 Å². The number of fused-ring (bicyclic) bond motifs is 1. The molecule has 0 unspecified atom stereocenters. The van der Waals surface area contributed by atoms with E-state index in [0.29, 0.717) is 43.0 Å². The second-order valence-electron chi connectivity index (χ2n) is 5.39. The van der Waals surface area contributed by atoms with Gasteiger partial charge in [-0.1, -0.05) is 0 Å². The van der Waals surface area contributed by atoms with Crippen molar-refractivity contribution in [2.75, 3.05) is 26.1 Å². The van der Waals surface area contributed by atoms with E-state index in [0.717, 1.165) is 0 Å². The Hall–Kier alpha value is -1.76. The molecule has 2 aliphatic rings. The van der Waals surface area contributed by atoms with Crippen molar-refractivity contribution in [3.63, 3.8) is 0 Å². The molecule has 1 aromatic carbocycles. The van der Waals surface area contributed by atoms with Crippen LogP contribution in [0.4, 0.5) is 0 Å². The summed E-state index contributed by atoms with van der Waals surface area (Å²) in [4.78, 5) is 14.1. The number of amides is 1. The number of nitrogens with zero attached hydrogens (tertiary/aromatic N) is 1. The maximum absolute atomic E-state index is 12.4. The number of carbonyl (C=O) groups excluding carboxylic acids is 1. The Morgan fingerprint density at radius 1 is 1.19 bits per heavy atom.